The fourth-order valence-electron chi connectivity index (χ4n) is 4.62. The predicted molar refractivity (Wildman–Crippen MR) is 121 cm³/mol. The van der Waals surface area contributed by atoms with Crippen molar-refractivity contribution < 1.29 is 9.53 Å². The lowest BCUT2D eigenvalue weighted by atomic mass is 10.0. The molecule has 0 N–H and O–H groups in total. The normalized spacial score (nSPS) is 17.0. The average molecular weight is 424 g/mol. The SMILES string of the molecule is CCCOc1ccnc(-c2nc3c(c(N(C)CC(=O)N4CCCC4(C)C)n2)CCC3)c1. The Kier molecular flexibility index (Phi) is 6.12. The van der Waals surface area contributed by atoms with Crippen LogP contribution in [-0.4, -0.2) is 58.0 Å². The molecular weight excluding hydrogens is 390 g/mol. The van der Waals surface area contributed by atoms with Crippen LogP contribution in [0.5, 0.6) is 5.75 Å². The number of likely N-dealkylation sites (tertiary alicyclic amines) is 1. The molecule has 0 spiro atoms. The molecule has 1 saturated heterocycles. The Morgan fingerprint density at radius 1 is 1.26 bits per heavy atom. The van der Waals surface area contributed by atoms with E-state index in [1.54, 1.807) is 6.20 Å². The molecule has 31 heavy (non-hydrogen) atoms. The number of anilines is 1. The van der Waals surface area contributed by atoms with Gasteiger partial charge in [-0.05, 0) is 58.4 Å². The van der Waals surface area contributed by atoms with Gasteiger partial charge < -0.3 is 14.5 Å². The number of pyridine rings is 1. The summed E-state index contributed by atoms with van der Waals surface area (Å²) in [7, 11) is 1.96. The van der Waals surface area contributed by atoms with Gasteiger partial charge in [0.05, 0.1) is 13.2 Å². The molecule has 7 nitrogen and oxygen atoms in total. The van der Waals surface area contributed by atoms with Gasteiger partial charge in [0.15, 0.2) is 5.82 Å². The third-order valence-corrected chi connectivity index (χ3v) is 6.28. The smallest absolute Gasteiger partial charge is 0.242 e. The molecule has 0 bridgehead atoms. The Morgan fingerprint density at radius 3 is 2.84 bits per heavy atom. The molecule has 1 amide bonds. The van der Waals surface area contributed by atoms with Crippen molar-refractivity contribution in [1.29, 1.82) is 0 Å². The number of ether oxygens (including phenoxy) is 1. The Bertz CT molecular complexity index is 959. The van der Waals surface area contributed by atoms with Crippen LogP contribution in [0.4, 0.5) is 5.82 Å². The zero-order valence-electron chi connectivity index (χ0n) is 19.1. The summed E-state index contributed by atoms with van der Waals surface area (Å²) in [4.78, 5) is 31.2. The maximum atomic E-state index is 13.1. The maximum absolute atomic E-state index is 13.1. The lowest BCUT2D eigenvalue weighted by molar-refractivity contribution is -0.132. The molecule has 3 heterocycles. The largest absolute Gasteiger partial charge is 0.493 e. The molecule has 0 radical (unpaired) electrons. The molecule has 4 rings (SSSR count). The highest BCUT2D eigenvalue weighted by atomic mass is 16.5. The first kappa shape index (κ1) is 21.5. The van der Waals surface area contributed by atoms with Crippen LogP contribution >= 0.6 is 0 Å². The van der Waals surface area contributed by atoms with E-state index in [1.165, 1.54) is 0 Å². The quantitative estimate of drug-likeness (QED) is 0.677. The zero-order chi connectivity index (χ0) is 22.0. The van der Waals surface area contributed by atoms with Crippen LogP contribution in [0.2, 0.25) is 0 Å². The predicted octanol–water partition coefficient (Wildman–Crippen LogP) is 3.65. The van der Waals surface area contributed by atoms with Gasteiger partial charge in [-0.1, -0.05) is 6.92 Å². The molecular formula is C24H33N5O2. The van der Waals surface area contributed by atoms with Gasteiger partial charge in [0.1, 0.15) is 17.3 Å². The Balaban J connectivity index is 1.61. The van der Waals surface area contributed by atoms with E-state index < -0.39 is 0 Å². The Hall–Kier alpha value is -2.70. The molecule has 0 atom stereocenters. The van der Waals surface area contributed by atoms with E-state index in [-0.39, 0.29) is 11.4 Å². The molecule has 0 unspecified atom stereocenters. The van der Waals surface area contributed by atoms with E-state index >= 15 is 0 Å². The molecule has 2 aliphatic rings. The summed E-state index contributed by atoms with van der Waals surface area (Å²) < 4.78 is 5.76. The number of amides is 1. The number of aryl methyl sites for hydroxylation is 1. The summed E-state index contributed by atoms with van der Waals surface area (Å²) in [6, 6.07) is 3.75. The van der Waals surface area contributed by atoms with Gasteiger partial charge in [0, 0.05) is 42.7 Å². The van der Waals surface area contributed by atoms with Gasteiger partial charge in [-0.3, -0.25) is 9.78 Å². The van der Waals surface area contributed by atoms with Crippen LogP contribution in [0.3, 0.4) is 0 Å². The second-order valence-corrected chi connectivity index (χ2v) is 9.19. The first-order valence-corrected chi connectivity index (χ1v) is 11.4. The van der Waals surface area contributed by atoms with Crippen molar-refractivity contribution in [1.82, 2.24) is 19.9 Å². The third-order valence-electron chi connectivity index (χ3n) is 6.28. The number of rotatable bonds is 7. The monoisotopic (exact) mass is 423 g/mol. The molecule has 2 aromatic rings. The van der Waals surface area contributed by atoms with Crippen molar-refractivity contribution >= 4 is 11.7 Å². The average Bonchev–Trinajstić information content (AvgIpc) is 3.37. The van der Waals surface area contributed by atoms with Crippen LogP contribution in [0, 0.1) is 0 Å². The second kappa shape index (κ2) is 8.81. The molecule has 1 fully saturated rings. The highest BCUT2D eigenvalue weighted by Crippen LogP contribution is 2.32. The fraction of sp³-hybridized carbons (Fsp3) is 0.583. The topological polar surface area (TPSA) is 71.5 Å². The number of fused-ring (bicyclic) bond motifs is 1. The first-order valence-electron chi connectivity index (χ1n) is 11.4. The number of hydrogen-bond acceptors (Lipinski definition) is 6. The van der Waals surface area contributed by atoms with E-state index in [9.17, 15) is 4.79 Å². The van der Waals surface area contributed by atoms with Crippen molar-refractivity contribution in [3.63, 3.8) is 0 Å². The standard InChI is InChI=1S/C24H33N5O2/c1-5-14-31-17-10-12-25-20(15-17)22-26-19-9-6-8-18(19)23(27-22)28(4)16-21(30)29-13-7-11-24(29,2)3/h10,12,15H,5-9,11,13-14,16H2,1-4H3. The molecule has 1 aliphatic carbocycles. The van der Waals surface area contributed by atoms with Gasteiger partial charge in [0.2, 0.25) is 5.91 Å². The summed E-state index contributed by atoms with van der Waals surface area (Å²) in [5, 5.41) is 0. The fourth-order valence-corrected chi connectivity index (χ4v) is 4.62. The minimum absolute atomic E-state index is 0.0699. The zero-order valence-corrected chi connectivity index (χ0v) is 19.1. The van der Waals surface area contributed by atoms with Crippen molar-refractivity contribution in [2.75, 3.05) is 31.6 Å². The number of carbonyl (C=O) groups is 1. The van der Waals surface area contributed by atoms with Gasteiger partial charge in [-0.2, -0.15) is 0 Å². The molecule has 0 saturated carbocycles. The summed E-state index contributed by atoms with van der Waals surface area (Å²) in [6.45, 7) is 8.20. The summed E-state index contributed by atoms with van der Waals surface area (Å²) >= 11 is 0. The van der Waals surface area contributed by atoms with Gasteiger partial charge >= 0.3 is 0 Å². The summed E-state index contributed by atoms with van der Waals surface area (Å²) in [5.74, 6) is 2.38. The van der Waals surface area contributed by atoms with Crippen LogP contribution in [0.1, 0.15) is 57.7 Å². The van der Waals surface area contributed by atoms with Gasteiger partial charge in [-0.25, -0.2) is 9.97 Å². The molecule has 166 valence electrons. The van der Waals surface area contributed by atoms with E-state index in [2.05, 4.69) is 25.8 Å². The van der Waals surface area contributed by atoms with E-state index in [4.69, 9.17) is 14.7 Å². The van der Waals surface area contributed by atoms with E-state index in [0.717, 1.165) is 67.9 Å². The maximum Gasteiger partial charge on any atom is 0.242 e. The number of hydrogen-bond donors (Lipinski definition) is 0. The minimum Gasteiger partial charge on any atom is -0.493 e. The lowest BCUT2D eigenvalue weighted by Crippen LogP contribution is -2.47. The van der Waals surface area contributed by atoms with Gasteiger partial charge in [-0.15, -0.1) is 0 Å². The van der Waals surface area contributed by atoms with Crippen molar-refractivity contribution in [2.24, 2.45) is 0 Å². The number of carbonyl (C=O) groups excluding carboxylic acids is 1. The summed E-state index contributed by atoms with van der Waals surface area (Å²) in [6.07, 6.45) is 7.75. The van der Waals surface area contributed by atoms with Crippen molar-refractivity contribution in [2.45, 2.75) is 64.8 Å². The van der Waals surface area contributed by atoms with Crippen LogP contribution in [0.25, 0.3) is 11.5 Å². The number of aromatic nitrogens is 3. The van der Waals surface area contributed by atoms with Crippen LogP contribution < -0.4 is 9.64 Å². The number of nitrogens with zero attached hydrogens (tertiary/aromatic N) is 5. The lowest BCUT2D eigenvalue weighted by Gasteiger charge is -2.33. The van der Waals surface area contributed by atoms with Gasteiger partial charge in [0.25, 0.3) is 0 Å². The van der Waals surface area contributed by atoms with E-state index in [1.807, 2.05) is 29.0 Å². The first-order chi connectivity index (χ1) is 14.9. The van der Waals surface area contributed by atoms with Crippen LogP contribution in [-0.2, 0) is 17.6 Å². The number of likely N-dealkylation sites (N-methyl/N-ethyl adjacent to an activating group) is 1. The van der Waals surface area contributed by atoms with Crippen molar-refractivity contribution in [3.05, 3.63) is 29.6 Å². The highest BCUT2D eigenvalue weighted by molar-refractivity contribution is 5.82. The van der Waals surface area contributed by atoms with Crippen LogP contribution in [0.15, 0.2) is 18.3 Å². The minimum atomic E-state index is -0.0699. The third kappa shape index (κ3) is 4.50. The van der Waals surface area contributed by atoms with E-state index in [0.29, 0.717) is 24.7 Å². The Morgan fingerprint density at radius 2 is 2.10 bits per heavy atom. The molecule has 7 heteroatoms. The van der Waals surface area contributed by atoms with Crippen molar-refractivity contribution in [3.8, 4) is 17.3 Å². The summed E-state index contributed by atoms with van der Waals surface area (Å²) in [5.41, 5.74) is 2.87. The highest BCUT2D eigenvalue weighted by Gasteiger charge is 2.36. The molecule has 2 aromatic heterocycles. The second-order valence-electron chi connectivity index (χ2n) is 9.19. The Labute approximate surface area is 184 Å². The molecule has 1 aliphatic heterocycles. The molecule has 0 aromatic carbocycles.